The van der Waals surface area contributed by atoms with Gasteiger partial charge in [-0.3, -0.25) is 0 Å². The highest BCUT2D eigenvalue weighted by Crippen LogP contribution is 2.26. The first kappa shape index (κ1) is 9.46. The van der Waals surface area contributed by atoms with E-state index in [0.29, 0.717) is 5.92 Å². The van der Waals surface area contributed by atoms with Crippen LogP contribution in [0.1, 0.15) is 31.0 Å². The number of hydrogen-bond acceptors (Lipinski definition) is 2. The van der Waals surface area contributed by atoms with Gasteiger partial charge in [-0.1, -0.05) is 25.4 Å². The molecule has 0 saturated carbocycles. The predicted octanol–water partition coefficient (Wildman–Crippen LogP) is 2.81. The van der Waals surface area contributed by atoms with Crippen molar-refractivity contribution >= 4 is 17.1 Å². The molecule has 0 aliphatic heterocycles. The Hall–Kier alpha value is -1.09. The smallest absolute Gasteiger partial charge is 0.136 e. The molecule has 0 aliphatic rings. The standard InChI is InChI=1S/C10H12ClN3/c1-6(2)9-10-7(3)8(11)4-14(10)13-5-12-9/h4-6H,1-3H3. The molecular weight excluding hydrogens is 198 g/mol. The number of aryl methyl sites for hydroxylation is 1. The summed E-state index contributed by atoms with van der Waals surface area (Å²) in [7, 11) is 0. The van der Waals surface area contributed by atoms with Gasteiger partial charge in [0.2, 0.25) is 0 Å². The van der Waals surface area contributed by atoms with Gasteiger partial charge in [0.25, 0.3) is 0 Å². The van der Waals surface area contributed by atoms with Crippen LogP contribution < -0.4 is 0 Å². The van der Waals surface area contributed by atoms with Crippen LogP contribution >= 0.6 is 11.6 Å². The Balaban J connectivity index is 2.84. The fraction of sp³-hybridized carbons (Fsp3) is 0.400. The summed E-state index contributed by atoms with van der Waals surface area (Å²) in [6, 6.07) is 0. The summed E-state index contributed by atoms with van der Waals surface area (Å²) >= 11 is 6.04. The maximum atomic E-state index is 6.04. The van der Waals surface area contributed by atoms with Crippen molar-refractivity contribution in [1.29, 1.82) is 0 Å². The van der Waals surface area contributed by atoms with Gasteiger partial charge in [-0.2, -0.15) is 5.10 Å². The Morgan fingerprint density at radius 3 is 2.79 bits per heavy atom. The molecule has 74 valence electrons. The number of aromatic nitrogens is 3. The molecule has 0 amide bonds. The predicted molar refractivity (Wildman–Crippen MR) is 56.8 cm³/mol. The summed E-state index contributed by atoms with van der Waals surface area (Å²) in [4.78, 5) is 4.29. The van der Waals surface area contributed by atoms with Crippen LogP contribution in [0.5, 0.6) is 0 Å². The van der Waals surface area contributed by atoms with Gasteiger partial charge in [0.15, 0.2) is 0 Å². The minimum atomic E-state index is 0.380. The number of fused-ring (bicyclic) bond motifs is 1. The topological polar surface area (TPSA) is 30.2 Å². The van der Waals surface area contributed by atoms with Crippen LogP contribution in [0.25, 0.3) is 5.52 Å². The molecule has 4 heteroatoms. The average molecular weight is 210 g/mol. The first-order valence-electron chi connectivity index (χ1n) is 4.59. The molecule has 2 aromatic heterocycles. The van der Waals surface area contributed by atoms with Crippen molar-refractivity contribution in [2.24, 2.45) is 0 Å². The zero-order chi connectivity index (χ0) is 10.3. The van der Waals surface area contributed by atoms with E-state index in [1.807, 2.05) is 13.1 Å². The minimum absolute atomic E-state index is 0.380. The number of rotatable bonds is 1. The molecule has 0 fully saturated rings. The van der Waals surface area contributed by atoms with Gasteiger partial charge in [0.1, 0.15) is 6.33 Å². The van der Waals surface area contributed by atoms with Crippen LogP contribution in [0.3, 0.4) is 0 Å². The average Bonchev–Trinajstić information content (AvgIpc) is 2.43. The quantitative estimate of drug-likeness (QED) is 0.723. The molecule has 0 saturated heterocycles. The van der Waals surface area contributed by atoms with Crippen LogP contribution in [0.4, 0.5) is 0 Å². The lowest BCUT2D eigenvalue weighted by atomic mass is 10.1. The summed E-state index contributed by atoms with van der Waals surface area (Å²) in [6.45, 7) is 6.22. The molecule has 0 aromatic carbocycles. The van der Waals surface area contributed by atoms with Crippen molar-refractivity contribution in [3.63, 3.8) is 0 Å². The number of hydrogen-bond donors (Lipinski definition) is 0. The zero-order valence-electron chi connectivity index (χ0n) is 8.45. The van der Waals surface area contributed by atoms with E-state index in [0.717, 1.165) is 21.8 Å². The fourth-order valence-electron chi connectivity index (χ4n) is 1.58. The Kier molecular flexibility index (Phi) is 2.19. The molecule has 3 nitrogen and oxygen atoms in total. The van der Waals surface area contributed by atoms with Crippen LogP contribution in [0.15, 0.2) is 12.5 Å². The van der Waals surface area contributed by atoms with Gasteiger partial charge < -0.3 is 0 Å². The molecule has 0 unspecified atom stereocenters. The lowest BCUT2D eigenvalue weighted by Gasteiger charge is -2.06. The minimum Gasteiger partial charge on any atom is -0.237 e. The molecule has 0 spiro atoms. The van der Waals surface area contributed by atoms with Crippen LogP contribution in [0, 0.1) is 6.92 Å². The van der Waals surface area contributed by atoms with E-state index in [1.54, 1.807) is 10.8 Å². The van der Waals surface area contributed by atoms with Crippen LogP contribution in [0.2, 0.25) is 5.02 Å². The Labute approximate surface area is 87.7 Å². The molecule has 14 heavy (non-hydrogen) atoms. The van der Waals surface area contributed by atoms with Crippen molar-refractivity contribution in [3.05, 3.63) is 28.8 Å². The van der Waals surface area contributed by atoms with Crippen molar-refractivity contribution in [2.45, 2.75) is 26.7 Å². The Morgan fingerprint density at radius 2 is 2.14 bits per heavy atom. The van der Waals surface area contributed by atoms with Gasteiger partial charge in [-0.05, 0) is 18.4 Å². The Bertz CT molecular complexity index is 473. The van der Waals surface area contributed by atoms with Crippen molar-refractivity contribution in [1.82, 2.24) is 14.6 Å². The number of nitrogens with zero attached hydrogens (tertiary/aromatic N) is 3. The second-order valence-electron chi connectivity index (χ2n) is 3.70. The molecule has 0 atom stereocenters. The highest BCUT2D eigenvalue weighted by molar-refractivity contribution is 6.32. The molecular formula is C10H12ClN3. The highest BCUT2D eigenvalue weighted by Gasteiger charge is 2.13. The van der Waals surface area contributed by atoms with E-state index in [-0.39, 0.29) is 0 Å². The van der Waals surface area contributed by atoms with E-state index < -0.39 is 0 Å². The van der Waals surface area contributed by atoms with Crippen molar-refractivity contribution in [3.8, 4) is 0 Å². The second kappa shape index (κ2) is 3.24. The van der Waals surface area contributed by atoms with Gasteiger partial charge in [0, 0.05) is 6.20 Å². The van der Waals surface area contributed by atoms with E-state index in [2.05, 4.69) is 23.9 Å². The van der Waals surface area contributed by atoms with Gasteiger partial charge in [-0.25, -0.2) is 9.50 Å². The lowest BCUT2D eigenvalue weighted by Crippen LogP contribution is -2.00. The van der Waals surface area contributed by atoms with Crippen LogP contribution in [-0.4, -0.2) is 14.6 Å². The zero-order valence-corrected chi connectivity index (χ0v) is 9.21. The summed E-state index contributed by atoms with van der Waals surface area (Å²) in [5.74, 6) is 0.380. The molecule has 2 aromatic rings. The van der Waals surface area contributed by atoms with E-state index in [9.17, 15) is 0 Å². The normalized spacial score (nSPS) is 11.5. The van der Waals surface area contributed by atoms with E-state index in [4.69, 9.17) is 11.6 Å². The molecule has 0 radical (unpaired) electrons. The molecule has 0 bridgehead atoms. The van der Waals surface area contributed by atoms with E-state index >= 15 is 0 Å². The van der Waals surface area contributed by atoms with Crippen molar-refractivity contribution < 1.29 is 0 Å². The third-order valence-corrected chi connectivity index (χ3v) is 2.72. The van der Waals surface area contributed by atoms with Crippen molar-refractivity contribution in [2.75, 3.05) is 0 Å². The SMILES string of the molecule is Cc1c(Cl)cn2ncnc(C(C)C)c12. The monoisotopic (exact) mass is 209 g/mol. The largest absolute Gasteiger partial charge is 0.237 e. The highest BCUT2D eigenvalue weighted by atomic mass is 35.5. The summed E-state index contributed by atoms with van der Waals surface area (Å²) in [6.07, 6.45) is 3.39. The summed E-state index contributed by atoms with van der Waals surface area (Å²) in [5, 5.41) is 4.87. The number of halogens is 1. The first-order chi connectivity index (χ1) is 6.61. The molecule has 2 rings (SSSR count). The third-order valence-electron chi connectivity index (χ3n) is 2.34. The maximum absolute atomic E-state index is 6.04. The van der Waals surface area contributed by atoms with Crippen LogP contribution in [-0.2, 0) is 0 Å². The van der Waals surface area contributed by atoms with Gasteiger partial charge in [0.05, 0.1) is 16.2 Å². The molecule has 2 heterocycles. The van der Waals surface area contributed by atoms with E-state index in [1.165, 1.54) is 0 Å². The maximum Gasteiger partial charge on any atom is 0.136 e. The molecule has 0 N–H and O–H groups in total. The summed E-state index contributed by atoms with van der Waals surface area (Å²) < 4.78 is 1.79. The van der Waals surface area contributed by atoms with Gasteiger partial charge >= 0.3 is 0 Å². The Morgan fingerprint density at radius 1 is 1.43 bits per heavy atom. The fourth-order valence-corrected chi connectivity index (χ4v) is 1.76. The summed E-state index contributed by atoms with van der Waals surface area (Å²) in [5.41, 5.74) is 3.13. The second-order valence-corrected chi connectivity index (χ2v) is 4.10. The first-order valence-corrected chi connectivity index (χ1v) is 4.97. The molecule has 0 aliphatic carbocycles. The lowest BCUT2D eigenvalue weighted by molar-refractivity contribution is 0.785. The van der Waals surface area contributed by atoms with Gasteiger partial charge in [-0.15, -0.1) is 0 Å². The third kappa shape index (κ3) is 1.28.